The van der Waals surface area contributed by atoms with Crippen LogP contribution in [0, 0.1) is 11.8 Å². The molecule has 4 fully saturated rings. The van der Waals surface area contributed by atoms with Crippen LogP contribution in [0.3, 0.4) is 0 Å². The number of hydrogen-bond donors (Lipinski definition) is 0. The minimum atomic E-state index is 0.771. The van der Waals surface area contributed by atoms with E-state index in [-0.39, 0.29) is 0 Å². The lowest BCUT2D eigenvalue weighted by Gasteiger charge is -2.57. The summed E-state index contributed by atoms with van der Waals surface area (Å²) < 4.78 is 6.11. The summed E-state index contributed by atoms with van der Waals surface area (Å²) in [7, 11) is 0. The van der Waals surface area contributed by atoms with Gasteiger partial charge >= 0.3 is 0 Å². The number of anilines is 1. The second-order valence-electron chi connectivity index (χ2n) is 7.90. The molecule has 2 nitrogen and oxygen atoms in total. The number of furan rings is 1. The summed E-state index contributed by atoms with van der Waals surface area (Å²) in [6, 6.07) is 16.8. The van der Waals surface area contributed by atoms with E-state index in [4.69, 9.17) is 4.42 Å². The molecule has 2 aliphatic heterocycles. The maximum absolute atomic E-state index is 6.11. The van der Waals surface area contributed by atoms with E-state index in [1.165, 1.54) is 48.6 Å². The highest BCUT2D eigenvalue weighted by Crippen LogP contribution is 2.50. The van der Waals surface area contributed by atoms with Crippen LogP contribution < -0.4 is 4.90 Å². The summed E-state index contributed by atoms with van der Waals surface area (Å²) >= 11 is 0. The van der Waals surface area contributed by atoms with E-state index >= 15 is 0 Å². The van der Waals surface area contributed by atoms with Crippen LogP contribution in [0.4, 0.5) is 5.69 Å². The van der Waals surface area contributed by atoms with Crippen LogP contribution in [0.5, 0.6) is 0 Å². The molecule has 116 valence electrons. The Labute approximate surface area is 136 Å². The van der Waals surface area contributed by atoms with E-state index in [1.807, 2.05) is 6.07 Å². The van der Waals surface area contributed by atoms with Crippen molar-refractivity contribution >= 4 is 27.6 Å². The van der Waals surface area contributed by atoms with Crippen LogP contribution in [-0.4, -0.2) is 12.1 Å². The van der Waals surface area contributed by atoms with Gasteiger partial charge in [0.25, 0.3) is 0 Å². The maximum Gasteiger partial charge on any atom is 0.137 e. The van der Waals surface area contributed by atoms with Gasteiger partial charge in [-0.3, -0.25) is 0 Å². The molecule has 0 unspecified atom stereocenters. The third-order valence-corrected chi connectivity index (χ3v) is 6.54. The number of para-hydroxylation sites is 1. The van der Waals surface area contributed by atoms with Gasteiger partial charge in [-0.05, 0) is 62.1 Å². The van der Waals surface area contributed by atoms with E-state index in [0.717, 1.165) is 35.1 Å². The van der Waals surface area contributed by atoms with Crippen molar-refractivity contribution in [3.05, 3.63) is 42.5 Å². The van der Waals surface area contributed by atoms with Gasteiger partial charge in [-0.1, -0.05) is 18.2 Å². The molecular weight excluding hydrogens is 282 g/mol. The van der Waals surface area contributed by atoms with Crippen LogP contribution >= 0.6 is 0 Å². The number of nitrogens with zero attached hydrogens (tertiary/aromatic N) is 1. The van der Waals surface area contributed by atoms with Crippen molar-refractivity contribution < 1.29 is 4.42 Å². The number of hydrogen-bond acceptors (Lipinski definition) is 2. The van der Waals surface area contributed by atoms with Crippen molar-refractivity contribution in [2.24, 2.45) is 11.8 Å². The molecule has 0 radical (unpaired) electrons. The Bertz CT molecular complexity index is 880. The minimum Gasteiger partial charge on any atom is -0.456 e. The number of fused-ring (bicyclic) bond motifs is 3. The Hall–Kier alpha value is -1.96. The zero-order valence-electron chi connectivity index (χ0n) is 13.2. The molecule has 2 aliphatic carbocycles. The van der Waals surface area contributed by atoms with Crippen LogP contribution in [-0.2, 0) is 0 Å². The first kappa shape index (κ1) is 12.5. The van der Waals surface area contributed by atoms with Gasteiger partial charge in [0.1, 0.15) is 11.2 Å². The summed E-state index contributed by atoms with van der Waals surface area (Å²) in [5, 5.41) is 2.48. The van der Waals surface area contributed by atoms with Crippen molar-refractivity contribution in [1.29, 1.82) is 0 Å². The fraction of sp³-hybridized carbons (Fsp3) is 0.429. The first-order chi connectivity index (χ1) is 11.3. The molecular formula is C21H21NO. The summed E-state index contributed by atoms with van der Waals surface area (Å²) in [6.45, 7) is 0. The quantitative estimate of drug-likeness (QED) is 0.602. The lowest BCUT2D eigenvalue weighted by molar-refractivity contribution is 0.0900. The van der Waals surface area contributed by atoms with Crippen molar-refractivity contribution in [2.45, 2.75) is 44.2 Å². The van der Waals surface area contributed by atoms with Gasteiger partial charge in [-0.2, -0.15) is 0 Å². The first-order valence-corrected chi connectivity index (χ1v) is 9.05. The summed E-state index contributed by atoms with van der Waals surface area (Å²) in [5.74, 6) is 2.01. The van der Waals surface area contributed by atoms with Gasteiger partial charge in [0, 0.05) is 34.6 Å². The molecule has 4 bridgehead atoms. The lowest BCUT2D eigenvalue weighted by Crippen LogP contribution is -2.58. The monoisotopic (exact) mass is 303 g/mol. The van der Waals surface area contributed by atoms with Crippen molar-refractivity contribution in [2.75, 3.05) is 4.90 Å². The average molecular weight is 303 g/mol. The molecule has 7 rings (SSSR count). The zero-order valence-corrected chi connectivity index (χ0v) is 13.2. The Morgan fingerprint density at radius 1 is 0.739 bits per heavy atom. The van der Waals surface area contributed by atoms with Gasteiger partial charge in [-0.15, -0.1) is 0 Å². The highest BCUT2D eigenvalue weighted by atomic mass is 16.3. The SMILES string of the molecule is c1ccc2c(c1)oc1cc(N3C4CC5CC(C4)CC3C5)ccc12. The molecule has 0 N–H and O–H groups in total. The van der Waals surface area contributed by atoms with Gasteiger partial charge in [0.2, 0.25) is 0 Å². The second kappa shape index (κ2) is 4.31. The van der Waals surface area contributed by atoms with Crippen molar-refractivity contribution in [3.63, 3.8) is 0 Å². The van der Waals surface area contributed by atoms with Gasteiger partial charge in [-0.25, -0.2) is 0 Å². The predicted molar refractivity (Wildman–Crippen MR) is 93.8 cm³/mol. The number of rotatable bonds is 1. The van der Waals surface area contributed by atoms with E-state index in [0.29, 0.717) is 0 Å². The molecule has 2 saturated carbocycles. The van der Waals surface area contributed by atoms with E-state index < -0.39 is 0 Å². The fourth-order valence-corrected chi connectivity index (χ4v) is 5.83. The average Bonchev–Trinajstić information content (AvgIpc) is 2.91. The smallest absolute Gasteiger partial charge is 0.137 e. The second-order valence-corrected chi connectivity index (χ2v) is 7.90. The van der Waals surface area contributed by atoms with Crippen molar-refractivity contribution in [3.8, 4) is 0 Å². The van der Waals surface area contributed by atoms with E-state index in [9.17, 15) is 0 Å². The molecule has 2 saturated heterocycles. The molecule has 0 spiro atoms. The molecule has 23 heavy (non-hydrogen) atoms. The Balaban J connectivity index is 1.48. The highest BCUT2D eigenvalue weighted by molar-refractivity contribution is 6.05. The Kier molecular flexibility index (Phi) is 2.34. The van der Waals surface area contributed by atoms with Crippen LogP contribution in [0.2, 0.25) is 0 Å². The van der Waals surface area contributed by atoms with Gasteiger partial charge < -0.3 is 9.32 Å². The van der Waals surface area contributed by atoms with E-state index in [2.05, 4.69) is 41.3 Å². The summed E-state index contributed by atoms with van der Waals surface area (Å²) in [6.07, 6.45) is 7.14. The highest BCUT2D eigenvalue weighted by Gasteiger charge is 2.46. The molecule has 1 aromatic heterocycles. The standard InChI is InChI=1S/C21H21NO/c1-2-4-20-18(3-1)19-6-5-15(12-21(19)23-20)22-16-8-13-7-14(10-16)11-17(22)9-13/h1-6,12-14,16-17H,7-11H2. The number of piperidine rings is 2. The van der Waals surface area contributed by atoms with Crippen molar-refractivity contribution in [1.82, 2.24) is 0 Å². The minimum absolute atomic E-state index is 0.771. The third kappa shape index (κ3) is 1.69. The Morgan fingerprint density at radius 3 is 2.22 bits per heavy atom. The first-order valence-electron chi connectivity index (χ1n) is 9.05. The van der Waals surface area contributed by atoms with Crippen LogP contribution in [0.15, 0.2) is 46.9 Å². The third-order valence-electron chi connectivity index (χ3n) is 6.54. The zero-order chi connectivity index (χ0) is 15.0. The molecule has 4 aliphatic rings. The van der Waals surface area contributed by atoms with Gasteiger partial charge in [0.05, 0.1) is 0 Å². The maximum atomic E-state index is 6.11. The van der Waals surface area contributed by atoms with E-state index in [1.54, 1.807) is 0 Å². The molecule has 3 heterocycles. The van der Waals surface area contributed by atoms with Crippen LogP contribution in [0.25, 0.3) is 21.9 Å². The van der Waals surface area contributed by atoms with Crippen LogP contribution in [0.1, 0.15) is 32.1 Å². The molecule has 0 atom stereocenters. The lowest BCUT2D eigenvalue weighted by atomic mass is 9.63. The summed E-state index contributed by atoms with van der Waals surface area (Å²) in [5.41, 5.74) is 3.42. The largest absolute Gasteiger partial charge is 0.456 e. The molecule has 0 amide bonds. The van der Waals surface area contributed by atoms with Gasteiger partial charge in [0.15, 0.2) is 0 Å². The molecule has 3 aromatic rings. The topological polar surface area (TPSA) is 16.4 Å². The predicted octanol–water partition coefficient (Wildman–Crippen LogP) is 5.35. The molecule has 2 heteroatoms. The number of benzene rings is 2. The molecule has 2 aromatic carbocycles. The fourth-order valence-electron chi connectivity index (χ4n) is 5.83. The summed E-state index contributed by atoms with van der Waals surface area (Å²) in [4.78, 5) is 2.73. The normalized spacial score (nSPS) is 32.3. The Morgan fingerprint density at radius 2 is 1.43 bits per heavy atom.